The number of likely N-dealkylation sites (tertiary alicyclic amines) is 1. The van der Waals surface area contributed by atoms with Crippen LogP contribution in [0, 0.1) is 5.41 Å². The molecule has 0 unspecified atom stereocenters. The molecule has 0 radical (unpaired) electrons. The van der Waals surface area contributed by atoms with Crippen LogP contribution in [0.3, 0.4) is 0 Å². The summed E-state index contributed by atoms with van der Waals surface area (Å²) >= 11 is 0. The predicted octanol–water partition coefficient (Wildman–Crippen LogP) is 2.75. The molecule has 5 nitrogen and oxygen atoms in total. The van der Waals surface area contributed by atoms with Crippen molar-refractivity contribution < 1.29 is 0 Å². The van der Waals surface area contributed by atoms with Crippen LogP contribution in [0.2, 0.25) is 0 Å². The van der Waals surface area contributed by atoms with Crippen LogP contribution >= 0.6 is 0 Å². The molecule has 0 aliphatic carbocycles. The average molecular weight is 323 g/mol. The third-order valence-corrected chi connectivity index (χ3v) is 5.73. The summed E-state index contributed by atoms with van der Waals surface area (Å²) in [4.78, 5) is 17.8. The lowest BCUT2D eigenvalue weighted by atomic mass is 9.71. The molecule has 2 fully saturated rings. The summed E-state index contributed by atoms with van der Waals surface area (Å²) in [5.74, 6) is 0.891. The molecular formula is C19H25N5. The third-order valence-electron chi connectivity index (χ3n) is 5.73. The number of anilines is 1. The summed E-state index contributed by atoms with van der Waals surface area (Å²) in [7, 11) is 0. The Labute approximate surface area is 143 Å². The van der Waals surface area contributed by atoms with Crippen LogP contribution in [0.4, 0.5) is 5.95 Å². The molecule has 2 aromatic rings. The Balaban J connectivity index is 1.30. The van der Waals surface area contributed by atoms with Gasteiger partial charge in [-0.05, 0) is 68.0 Å². The van der Waals surface area contributed by atoms with Crippen LogP contribution in [0.5, 0.6) is 0 Å². The maximum absolute atomic E-state index is 4.40. The van der Waals surface area contributed by atoms with Gasteiger partial charge in [-0.3, -0.25) is 9.88 Å². The maximum Gasteiger partial charge on any atom is 0.225 e. The minimum Gasteiger partial charge on any atom is -0.341 e. The van der Waals surface area contributed by atoms with Crippen LogP contribution in [0.25, 0.3) is 0 Å². The Kier molecular flexibility index (Phi) is 4.43. The highest BCUT2D eigenvalue weighted by Gasteiger charge is 2.37. The largest absolute Gasteiger partial charge is 0.341 e. The summed E-state index contributed by atoms with van der Waals surface area (Å²) < 4.78 is 0. The van der Waals surface area contributed by atoms with E-state index in [1.165, 1.54) is 44.3 Å². The van der Waals surface area contributed by atoms with E-state index in [0.29, 0.717) is 5.41 Å². The molecule has 0 aromatic carbocycles. The van der Waals surface area contributed by atoms with Crippen molar-refractivity contribution in [2.24, 2.45) is 5.41 Å². The van der Waals surface area contributed by atoms with Crippen LogP contribution in [0.15, 0.2) is 43.0 Å². The predicted molar refractivity (Wildman–Crippen MR) is 94.7 cm³/mol. The van der Waals surface area contributed by atoms with Gasteiger partial charge in [-0.15, -0.1) is 0 Å². The van der Waals surface area contributed by atoms with E-state index in [1.54, 1.807) is 0 Å². The molecule has 2 aliphatic heterocycles. The van der Waals surface area contributed by atoms with E-state index in [-0.39, 0.29) is 0 Å². The molecule has 0 amide bonds. The van der Waals surface area contributed by atoms with Crippen LogP contribution in [-0.2, 0) is 6.54 Å². The van der Waals surface area contributed by atoms with E-state index in [2.05, 4.69) is 36.9 Å². The summed E-state index contributed by atoms with van der Waals surface area (Å²) in [6.07, 6.45) is 12.6. The van der Waals surface area contributed by atoms with Crippen LogP contribution in [-0.4, -0.2) is 46.0 Å². The lowest BCUT2D eigenvalue weighted by Gasteiger charge is -2.47. The molecule has 2 aliphatic rings. The monoisotopic (exact) mass is 323 g/mol. The first-order chi connectivity index (χ1) is 11.8. The summed E-state index contributed by atoms with van der Waals surface area (Å²) in [5.41, 5.74) is 1.91. The van der Waals surface area contributed by atoms with Crippen molar-refractivity contribution in [2.45, 2.75) is 32.2 Å². The van der Waals surface area contributed by atoms with Gasteiger partial charge in [-0.25, -0.2) is 9.97 Å². The molecular weight excluding hydrogens is 298 g/mol. The fraction of sp³-hybridized carbons (Fsp3) is 0.526. The van der Waals surface area contributed by atoms with Crippen molar-refractivity contribution >= 4 is 5.95 Å². The summed E-state index contributed by atoms with van der Waals surface area (Å²) in [6.45, 7) is 5.67. The molecule has 0 atom stereocenters. The van der Waals surface area contributed by atoms with E-state index in [0.717, 1.165) is 25.6 Å². The van der Waals surface area contributed by atoms with Gasteiger partial charge in [0.2, 0.25) is 5.95 Å². The number of hydrogen-bond acceptors (Lipinski definition) is 5. The molecule has 0 N–H and O–H groups in total. The number of rotatable bonds is 3. The summed E-state index contributed by atoms with van der Waals surface area (Å²) in [6, 6.07) is 6.14. The van der Waals surface area contributed by atoms with Crippen molar-refractivity contribution in [3.63, 3.8) is 0 Å². The minimum absolute atomic E-state index is 0.542. The molecule has 5 heteroatoms. The highest BCUT2D eigenvalue weighted by Crippen LogP contribution is 2.41. The molecule has 4 heterocycles. The second-order valence-corrected chi connectivity index (χ2v) is 7.17. The number of nitrogens with zero attached hydrogens (tertiary/aromatic N) is 5. The first-order valence-corrected chi connectivity index (χ1v) is 8.96. The zero-order valence-corrected chi connectivity index (χ0v) is 14.1. The molecule has 2 aromatic heterocycles. The van der Waals surface area contributed by atoms with E-state index < -0.39 is 0 Å². The van der Waals surface area contributed by atoms with E-state index in [4.69, 9.17) is 0 Å². The first-order valence-electron chi connectivity index (χ1n) is 8.96. The highest BCUT2D eigenvalue weighted by molar-refractivity contribution is 5.29. The normalized spacial score (nSPS) is 21.1. The van der Waals surface area contributed by atoms with Gasteiger partial charge in [0.05, 0.1) is 0 Å². The fourth-order valence-electron chi connectivity index (χ4n) is 4.07. The smallest absolute Gasteiger partial charge is 0.225 e. The molecule has 1 spiro atoms. The van der Waals surface area contributed by atoms with Gasteiger partial charge in [0, 0.05) is 44.4 Å². The highest BCUT2D eigenvalue weighted by atomic mass is 15.3. The fourth-order valence-corrected chi connectivity index (χ4v) is 4.07. The standard InChI is InChI=1S/C19H25N5/c1-8-21-18(22-9-1)24-14-6-19(7-15-24)4-12-23(13-5-19)16-17-2-10-20-11-3-17/h1-3,8-11H,4-7,12-16H2. The molecule has 0 bridgehead atoms. The Morgan fingerprint density at radius 3 is 2.12 bits per heavy atom. The number of hydrogen-bond donors (Lipinski definition) is 0. The van der Waals surface area contributed by atoms with Gasteiger partial charge in [0.15, 0.2) is 0 Å². The molecule has 2 saturated heterocycles. The van der Waals surface area contributed by atoms with Gasteiger partial charge < -0.3 is 4.90 Å². The molecule has 24 heavy (non-hydrogen) atoms. The van der Waals surface area contributed by atoms with E-state index >= 15 is 0 Å². The Hall–Kier alpha value is -2.01. The van der Waals surface area contributed by atoms with Crippen molar-refractivity contribution in [3.8, 4) is 0 Å². The second-order valence-electron chi connectivity index (χ2n) is 7.17. The number of piperidine rings is 2. The lowest BCUT2D eigenvalue weighted by Crippen LogP contribution is -2.47. The molecule has 126 valence electrons. The Bertz CT molecular complexity index is 627. The lowest BCUT2D eigenvalue weighted by molar-refractivity contribution is 0.0755. The van der Waals surface area contributed by atoms with Gasteiger partial charge >= 0.3 is 0 Å². The van der Waals surface area contributed by atoms with E-state index in [1.807, 2.05) is 30.9 Å². The Morgan fingerprint density at radius 2 is 1.46 bits per heavy atom. The van der Waals surface area contributed by atoms with Crippen LogP contribution < -0.4 is 4.90 Å². The Morgan fingerprint density at radius 1 is 0.833 bits per heavy atom. The van der Waals surface area contributed by atoms with Gasteiger partial charge in [0.25, 0.3) is 0 Å². The molecule has 0 saturated carbocycles. The maximum atomic E-state index is 4.40. The SMILES string of the molecule is c1cnc(N2CCC3(CCN(Cc4ccncc4)CC3)CC2)nc1. The van der Waals surface area contributed by atoms with Gasteiger partial charge in [0.1, 0.15) is 0 Å². The third kappa shape index (κ3) is 3.41. The number of aromatic nitrogens is 3. The zero-order valence-electron chi connectivity index (χ0n) is 14.1. The van der Waals surface area contributed by atoms with Crippen molar-refractivity contribution in [1.82, 2.24) is 19.9 Å². The first kappa shape index (κ1) is 15.5. The zero-order chi connectivity index (χ0) is 16.2. The van der Waals surface area contributed by atoms with Crippen molar-refractivity contribution in [1.29, 1.82) is 0 Å². The quantitative estimate of drug-likeness (QED) is 0.869. The average Bonchev–Trinajstić information content (AvgIpc) is 2.66. The van der Waals surface area contributed by atoms with Gasteiger partial charge in [-0.1, -0.05) is 0 Å². The van der Waals surface area contributed by atoms with Crippen molar-refractivity contribution in [3.05, 3.63) is 48.5 Å². The number of pyridine rings is 1. The van der Waals surface area contributed by atoms with E-state index in [9.17, 15) is 0 Å². The van der Waals surface area contributed by atoms with Crippen molar-refractivity contribution in [2.75, 3.05) is 31.1 Å². The van der Waals surface area contributed by atoms with Gasteiger partial charge in [-0.2, -0.15) is 0 Å². The summed E-state index contributed by atoms with van der Waals surface area (Å²) in [5, 5.41) is 0. The van der Waals surface area contributed by atoms with Crippen LogP contribution in [0.1, 0.15) is 31.2 Å². The minimum atomic E-state index is 0.542. The topological polar surface area (TPSA) is 45.2 Å². The second kappa shape index (κ2) is 6.85. The molecule has 4 rings (SSSR count).